The zero-order chi connectivity index (χ0) is 13.1. The van der Waals surface area contributed by atoms with E-state index >= 15 is 0 Å². The Morgan fingerprint density at radius 1 is 1.24 bits per heavy atom. The van der Waals surface area contributed by atoms with E-state index in [-0.39, 0.29) is 11.2 Å². The van der Waals surface area contributed by atoms with E-state index in [1.165, 1.54) is 6.07 Å². The van der Waals surface area contributed by atoms with Crippen molar-refractivity contribution in [2.24, 2.45) is 5.41 Å². The first kappa shape index (κ1) is 13.9. The van der Waals surface area contributed by atoms with E-state index in [0.717, 1.165) is 17.7 Å². The van der Waals surface area contributed by atoms with Gasteiger partial charge in [-0.1, -0.05) is 39.0 Å². The van der Waals surface area contributed by atoms with E-state index in [1.54, 1.807) is 6.07 Å². The summed E-state index contributed by atoms with van der Waals surface area (Å²) < 4.78 is 13.2. The number of nitrogens with zero attached hydrogens (tertiary/aromatic N) is 1. The maximum absolute atomic E-state index is 13.2. The number of allylic oxidation sites excluding steroid dienone is 1. The molecule has 0 aromatic heterocycles. The minimum Gasteiger partial charge on any atom is -0.305 e. The normalized spacial score (nSPS) is 12.6. The van der Waals surface area contributed by atoms with Crippen LogP contribution in [0.25, 0.3) is 6.08 Å². The minimum absolute atomic E-state index is 0.143. The number of halogens is 1. The van der Waals surface area contributed by atoms with Crippen LogP contribution in [0.2, 0.25) is 0 Å². The first-order chi connectivity index (χ1) is 7.78. The molecule has 0 aliphatic rings. The molecule has 0 atom stereocenters. The Bertz CT molecular complexity index is 400. The molecule has 2 heteroatoms. The summed E-state index contributed by atoms with van der Waals surface area (Å²) in [5, 5.41) is 0. The van der Waals surface area contributed by atoms with Gasteiger partial charge in [0.1, 0.15) is 5.82 Å². The summed E-state index contributed by atoms with van der Waals surface area (Å²) in [4.78, 5) is 2.04. The predicted molar refractivity (Wildman–Crippen MR) is 72.3 cm³/mol. The van der Waals surface area contributed by atoms with E-state index in [2.05, 4.69) is 32.9 Å². The molecule has 0 amide bonds. The number of hydrogen-bond acceptors (Lipinski definition) is 1. The summed E-state index contributed by atoms with van der Waals surface area (Å²) in [7, 11) is 3.98. The van der Waals surface area contributed by atoms with Crippen molar-refractivity contribution in [3.8, 4) is 0 Å². The van der Waals surface area contributed by atoms with Crippen molar-refractivity contribution >= 4 is 6.08 Å². The first-order valence-electron chi connectivity index (χ1n) is 5.90. The summed E-state index contributed by atoms with van der Waals surface area (Å²) in [6.45, 7) is 7.21. The quantitative estimate of drug-likeness (QED) is 0.767. The number of rotatable bonds is 3. The van der Waals surface area contributed by atoms with Crippen LogP contribution >= 0.6 is 0 Å². The molecule has 0 spiro atoms. The molecule has 1 aromatic carbocycles. The van der Waals surface area contributed by atoms with Crippen molar-refractivity contribution in [3.63, 3.8) is 0 Å². The third-order valence-electron chi connectivity index (χ3n) is 2.35. The lowest BCUT2D eigenvalue weighted by Crippen LogP contribution is -2.12. The smallest absolute Gasteiger partial charge is 0.123 e. The molecule has 1 aromatic rings. The highest BCUT2D eigenvalue weighted by molar-refractivity contribution is 5.54. The van der Waals surface area contributed by atoms with Gasteiger partial charge in [0.05, 0.1) is 0 Å². The van der Waals surface area contributed by atoms with Gasteiger partial charge in [-0.05, 0) is 42.8 Å². The Morgan fingerprint density at radius 2 is 1.88 bits per heavy atom. The topological polar surface area (TPSA) is 3.24 Å². The van der Waals surface area contributed by atoms with Gasteiger partial charge in [-0.2, -0.15) is 0 Å². The molecule has 0 unspecified atom stereocenters. The second-order valence-electron chi connectivity index (χ2n) is 5.78. The van der Waals surface area contributed by atoms with Crippen LogP contribution in [0.1, 0.15) is 31.9 Å². The van der Waals surface area contributed by atoms with Gasteiger partial charge < -0.3 is 4.90 Å². The molecule has 0 saturated heterocycles. The molecule has 1 nitrogen and oxygen atoms in total. The molecule has 0 bridgehead atoms. The van der Waals surface area contributed by atoms with Crippen LogP contribution in [-0.2, 0) is 6.54 Å². The average Bonchev–Trinajstić information content (AvgIpc) is 2.14. The fourth-order valence-electron chi connectivity index (χ4n) is 1.55. The highest BCUT2D eigenvalue weighted by Crippen LogP contribution is 2.20. The highest BCUT2D eigenvalue weighted by atomic mass is 19.1. The van der Waals surface area contributed by atoms with Crippen LogP contribution in [0.3, 0.4) is 0 Å². The van der Waals surface area contributed by atoms with Crippen molar-refractivity contribution in [1.82, 2.24) is 4.90 Å². The van der Waals surface area contributed by atoms with Crippen LogP contribution < -0.4 is 0 Å². The molecule has 0 fully saturated rings. The van der Waals surface area contributed by atoms with E-state index in [0.29, 0.717) is 0 Å². The maximum Gasteiger partial charge on any atom is 0.123 e. The molecular formula is C15H22FN. The van der Waals surface area contributed by atoms with Crippen molar-refractivity contribution in [3.05, 3.63) is 41.2 Å². The molecule has 0 aliphatic carbocycles. The largest absolute Gasteiger partial charge is 0.305 e. The molecule has 0 saturated carbocycles. The fraction of sp³-hybridized carbons (Fsp3) is 0.467. The van der Waals surface area contributed by atoms with Crippen molar-refractivity contribution in [1.29, 1.82) is 0 Å². The van der Waals surface area contributed by atoms with Crippen molar-refractivity contribution in [2.75, 3.05) is 14.1 Å². The van der Waals surface area contributed by atoms with Gasteiger partial charge in [0.25, 0.3) is 0 Å². The lowest BCUT2D eigenvalue weighted by atomic mass is 9.94. The molecular weight excluding hydrogens is 213 g/mol. The lowest BCUT2D eigenvalue weighted by molar-refractivity contribution is 0.401. The van der Waals surface area contributed by atoms with Crippen LogP contribution in [0, 0.1) is 11.2 Å². The van der Waals surface area contributed by atoms with Crippen molar-refractivity contribution in [2.45, 2.75) is 27.3 Å². The Morgan fingerprint density at radius 3 is 2.41 bits per heavy atom. The van der Waals surface area contributed by atoms with Crippen LogP contribution in [0.15, 0.2) is 24.3 Å². The molecule has 94 valence electrons. The van der Waals surface area contributed by atoms with Gasteiger partial charge >= 0.3 is 0 Å². The predicted octanol–water partition coefficient (Wildman–Crippen LogP) is 3.95. The Labute approximate surface area is 104 Å². The zero-order valence-corrected chi connectivity index (χ0v) is 11.4. The van der Waals surface area contributed by atoms with Crippen molar-refractivity contribution < 1.29 is 4.39 Å². The molecule has 1 rings (SSSR count). The van der Waals surface area contributed by atoms with E-state index in [1.807, 2.05) is 25.1 Å². The monoisotopic (exact) mass is 235 g/mol. The standard InChI is InChI=1S/C15H22FN/c1-15(2,3)9-8-12-6-7-14(16)10-13(12)11-17(4)5/h6-10H,11H2,1-5H3/b9-8+. The van der Waals surface area contributed by atoms with Gasteiger partial charge in [-0.25, -0.2) is 4.39 Å². The SMILES string of the molecule is CN(C)Cc1cc(F)ccc1/C=C/C(C)(C)C. The molecule has 0 N–H and O–H groups in total. The summed E-state index contributed by atoms with van der Waals surface area (Å²) in [5.41, 5.74) is 2.26. The molecule has 0 aliphatic heterocycles. The lowest BCUT2D eigenvalue weighted by Gasteiger charge is -2.14. The van der Waals surface area contributed by atoms with Gasteiger partial charge in [-0.3, -0.25) is 0 Å². The van der Waals surface area contributed by atoms with Crippen LogP contribution in [-0.4, -0.2) is 19.0 Å². The summed E-state index contributed by atoms with van der Waals surface area (Å²) in [6, 6.07) is 4.97. The Balaban J connectivity index is 3.02. The Kier molecular flexibility index (Phi) is 4.47. The first-order valence-corrected chi connectivity index (χ1v) is 5.90. The van der Waals surface area contributed by atoms with Crippen LogP contribution in [0.4, 0.5) is 4.39 Å². The second kappa shape index (κ2) is 5.46. The average molecular weight is 235 g/mol. The summed E-state index contributed by atoms with van der Waals surface area (Å²) >= 11 is 0. The highest BCUT2D eigenvalue weighted by Gasteiger charge is 2.06. The van der Waals surface area contributed by atoms with Crippen LogP contribution in [0.5, 0.6) is 0 Å². The van der Waals surface area contributed by atoms with E-state index < -0.39 is 0 Å². The third-order valence-corrected chi connectivity index (χ3v) is 2.35. The third kappa shape index (κ3) is 5.14. The zero-order valence-electron chi connectivity index (χ0n) is 11.4. The number of benzene rings is 1. The number of hydrogen-bond donors (Lipinski definition) is 0. The molecule has 0 heterocycles. The second-order valence-corrected chi connectivity index (χ2v) is 5.78. The fourth-order valence-corrected chi connectivity index (χ4v) is 1.55. The minimum atomic E-state index is -0.172. The molecule has 0 radical (unpaired) electrons. The molecule has 17 heavy (non-hydrogen) atoms. The van der Waals surface area contributed by atoms with Gasteiger partial charge in [0, 0.05) is 6.54 Å². The Hall–Kier alpha value is -1.15. The van der Waals surface area contributed by atoms with E-state index in [4.69, 9.17) is 0 Å². The van der Waals surface area contributed by atoms with Gasteiger partial charge in [0.15, 0.2) is 0 Å². The summed E-state index contributed by atoms with van der Waals surface area (Å²) in [5.74, 6) is -0.172. The van der Waals surface area contributed by atoms with E-state index in [9.17, 15) is 4.39 Å². The van der Waals surface area contributed by atoms with Gasteiger partial charge in [-0.15, -0.1) is 0 Å². The van der Waals surface area contributed by atoms with Gasteiger partial charge in [0.2, 0.25) is 0 Å². The maximum atomic E-state index is 13.2. The summed E-state index contributed by atoms with van der Waals surface area (Å²) in [6.07, 6.45) is 4.23.